The molecule has 0 spiro atoms. The summed E-state index contributed by atoms with van der Waals surface area (Å²) in [5.74, 6) is 1.94. The van der Waals surface area contributed by atoms with E-state index in [0.717, 1.165) is 30.6 Å². The monoisotopic (exact) mass is 230 g/mol. The predicted molar refractivity (Wildman–Crippen MR) is 68.8 cm³/mol. The van der Waals surface area contributed by atoms with Gasteiger partial charge in [0.05, 0.1) is 12.9 Å². The molecular formula is C15H18O2. The van der Waals surface area contributed by atoms with Crippen LogP contribution in [0.5, 0.6) is 5.75 Å². The SMILES string of the molecule is COC1=CC=CC(CCc2ccccc2O)C1. The molecule has 0 aromatic heterocycles. The average molecular weight is 230 g/mol. The van der Waals surface area contributed by atoms with Crippen LogP contribution in [-0.2, 0) is 11.2 Å². The lowest BCUT2D eigenvalue weighted by atomic mass is 9.92. The number of hydrogen-bond donors (Lipinski definition) is 1. The van der Waals surface area contributed by atoms with Crippen molar-refractivity contribution in [3.05, 3.63) is 53.8 Å². The minimum absolute atomic E-state index is 0.398. The van der Waals surface area contributed by atoms with Gasteiger partial charge in [-0.3, -0.25) is 0 Å². The van der Waals surface area contributed by atoms with Crippen molar-refractivity contribution in [3.63, 3.8) is 0 Å². The van der Waals surface area contributed by atoms with Crippen molar-refractivity contribution < 1.29 is 9.84 Å². The van der Waals surface area contributed by atoms with Crippen LogP contribution in [0.25, 0.3) is 0 Å². The summed E-state index contributed by atoms with van der Waals surface area (Å²) in [4.78, 5) is 0. The third-order valence-electron chi connectivity index (χ3n) is 3.17. The first-order chi connectivity index (χ1) is 8.29. The number of para-hydroxylation sites is 1. The lowest BCUT2D eigenvalue weighted by Crippen LogP contribution is -2.05. The number of methoxy groups -OCH3 is 1. The van der Waals surface area contributed by atoms with Gasteiger partial charge in [-0.25, -0.2) is 0 Å². The van der Waals surface area contributed by atoms with Gasteiger partial charge in [0.15, 0.2) is 0 Å². The number of phenolic OH excluding ortho intramolecular Hbond substituents is 1. The smallest absolute Gasteiger partial charge is 0.118 e. The molecule has 0 bridgehead atoms. The summed E-state index contributed by atoms with van der Waals surface area (Å²) in [5.41, 5.74) is 1.02. The second kappa shape index (κ2) is 5.58. The zero-order chi connectivity index (χ0) is 12.1. The van der Waals surface area contributed by atoms with E-state index in [1.54, 1.807) is 13.2 Å². The van der Waals surface area contributed by atoms with Gasteiger partial charge in [0.1, 0.15) is 5.75 Å². The number of aromatic hydroxyl groups is 1. The van der Waals surface area contributed by atoms with Crippen molar-refractivity contribution in [1.82, 2.24) is 0 Å². The van der Waals surface area contributed by atoms with Crippen LogP contribution in [0.4, 0.5) is 0 Å². The Kier molecular flexibility index (Phi) is 3.86. The summed E-state index contributed by atoms with van der Waals surface area (Å²) in [5, 5.41) is 9.68. The van der Waals surface area contributed by atoms with Crippen LogP contribution >= 0.6 is 0 Å². The molecule has 0 fully saturated rings. The van der Waals surface area contributed by atoms with Gasteiger partial charge < -0.3 is 9.84 Å². The number of aryl methyl sites for hydroxylation is 1. The van der Waals surface area contributed by atoms with Gasteiger partial charge in [-0.1, -0.05) is 30.4 Å². The minimum Gasteiger partial charge on any atom is -0.508 e. The van der Waals surface area contributed by atoms with Crippen LogP contribution in [0.2, 0.25) is 0 Å². The summed E-state index contributed by atoms with van der Waals surface area (Å²) in [7, 11) is 1.71. The average Bonchev–Trinajstić information content (AvgIpc) is 2.38. The molecule has 1 aromatic rings. The van der Waals surface area contributed by atoms with Gasteiger partial charge in [0.25, 0.3) is 0 Å². The van der Waals surface area contributed by atoms with Gasteiger partial charge in [0, 0.05) is 6.42 Å². The molecule has 0 aliphatic heterocycles. The fourth-order valence-corrected chi connectivity index (χ4v) is 2.13. The van der Waals surface area contributed by atoms with Gasteiger partial charge in [-0.15, -0.1) is 0 Å². The molecule has 1 aliphatic rings. The first-order valence-electron chi connectivity index (χ1n) is 5.98. The molecular weight excluding hydrogens is 212 g/mol. The Hall–Kier alpha value is -1.70. The number of benzene rings is 1. The van der Waals surface area contributed by atoms with E-state index in [0.29, 0.717) is 11.7 Å². The zero-order valence-electron chi connectivity index (χ0n) is 10.1. The van der Waals surface area contributed by atoms with E-state index in [9.17, 15) is 5.11 Å². The van der Waals surface area contributed by atoms with Crippen LogP contribution in [0, 0.1) is 5.92 Å². The number of phenols is 1. The van der Waals surface area contributed by atoms with Crippen molar-refractivity contribution in [2.45, 2.75) is 19.3 Å². The Morgan fingerprint density at radius 1 is 1.35 bits per heavy atom. The zero-order valence-corrected chi connectivity index (χ0v) is 10.1. The van der Waals surface area contributed by atoms with E-state index in [2.05, 4.69) is 12.2 Å². The highest BCUT2D eigenvalue weighted by Gasteiger charge is 2.12. The van der Waals surface area contributed by atoms with E-state index >= 15 is 0 Å². The number of rotatable bonds is 4. The molecule has 0 radical (unpaired) electrons. The normalized spacial score (nSPS) is 18.9. The number of hydrogen-bond acceptors (Lipinski definition) is 2. The lowest BCUT2D eigenvalue weighted by Gasteiger charge is -2.17. The van der Waals surface area contributed by atoms with E-state index in [1.165, 1.54) is 0 Å². The summed E-state index contributed by atoms with van der Waals surface area (Å²) < 4.78 is 5.26. The second-order valence-corrected chi connectivity index (χ2v) is 4.35. The van der Waals surface area contributed by atoms with Crippen LogP contribution in [0.3, 0.4) is 0 Å². The molecule has 2 rings (SSSR count). The molecule has 0 heterocycles. The molecule has 1 N–H and O–H groups in total. The van der Waals surface area contributed by atoms with E-state index in [1.807, 2.05) is 24.3 Å². The molecule has 2 nitrogen and oxygen atoms in total. The van der Waals surface area contributed by atoms with Gasteiger partial charge >= 0.3 is 0 Å². The van der Waals surface area contributed by atoms with E-state index < -0.39 is 0 Å². The summed E-state index contributed by atoms with van der Waals surface area (Å²) in [6.45, 7) is 0. The standard InChI is InChI=1S/C15H18O2/c1-17-14-7-4-5-12(11-14)9-10-13-6-2-3-8-15(13)16/h2-8,12,16H,9-11H2,1H3. The highest BCUT2D eigenvalue weighted by molar-refractivity contribution is 5.32. The summed E-state index contributed by atoms with van der Waals surface area (Å²) in [6, 6.07) is 7.54. The predicted octanol–water partition coefficient (Wildman–Crippen LogP) is 3.43. The van der Waals surface area contributed by atoms with Crippen molar-refractivity contribution in [2.24, 2.45) is 5.92 Å². The maximum atomic E-state index is 9.68. The lowest BCUT2D eigenvalue weighted by molar-refractivity contribution is 0.262. The maximum absolute atomic E-state index is 9.68. The third-order valence-corrected chi connectivity index (χ3v) is 3.17. The van der Waals surface area contributed by atoms with Crippen LogP contribution < -0.4 is 0 Å². The fourth-order valence-electron chi connectivity index (χ4n) is 2.13. The van der Waals surface area contributed by atoms with Gasteiger partial charge in [-0.2, -0.15) is 0 Å². The van der Waals surface area contributed by atoms with Gasteiger partial charge in [0.2, 0.25) is 0 Å². The molecule has 1 atom stereocenters. The molecule has 0 saturated carbocycles. The molecule has 1 unspecified atom stereocenters. The Bertz CT molecular complexity index is 432. The van der Waals surface area contributed by atoms with Gasteiger partial charge in [-0.05, 0) is 36.5 Å². The largest absolute Gasteiger partial charge is 0.508 e. The number of allylic oxidation sites excluding steroid dienone is 4. The van der Waals surface area contributed by atoms with Crippen molar-refractivity contribution in [1.29, 1.82) is 0 Å². The van der Waals surface area contributed by atoms with Crippen LogP contribution in [0.1, 0.15) is 18.4 Å². The molecule has 1 aliphatic carbocycles. The number of ether oxygens (including phenoxy) is 1. The highest BCUT2D eigenvalue weighted by atomic mass is 16.5. The molecule has 2 heteroatoms. The Morgan fingerprint density at radius 2 is 2.18 bits per heavy atom. The van der Waals surface area contributed by atoms with E-state index in [4.69, 9.17) is 4.74 Å². The van der Waals surface area contributed by atoms with E-state index in [-0.39, 0.29) is 0 Å². The van der Waals surface area contributed by atoms with Crippen molar-refractivity contribution >= 4 is 0 Å². The third kappa shape index (κ3) is 3.13. The first kappa shape index (κ1) is 11.8. The summed E-state index contributed by atoms with van der Waals surface area (Å²) >= 11 is 0. The molecule has 0 amide bonds. The summed E-state index contributed by atoms with van der Waals surface area (Å²) in [6.07, 6.45) is 9.17. The molecule has 90 valence electrons. The first-order valence-corrected chi connectivity index (χ1v) is 5.98. The van der Waals surface area contributed by atoms with Crippen molar-refractivity contribution in [3.8, 4) is 5.75 Å². The van der Waals surface area contributed by atoms with Crippen LogP contribution in [-0.4, -0.2) is 12.2 Å². The van der Waals surface area contributed by atoms with Crippen LogP contribution in [0.15, 0.2) is 48.3 Å². The highest BCUT2D eigenvalue weighted by Crippen LogP contribution is 2.25. The topological polar surface area (TPSA) is 29.5 Å². The Morgan fingerprint density at radius 3 is 2.94 bits per heavy atom. The fraction of sp³-hybridized carbons (Fsp3) is 0.333. The molecule has 17 heavy (non-hydrogen) atoms. The Labute approximate surface area is 102 Å². The maximum Gasteiger partial charge on any atom is 0.118 e. The quantitative estimate of drug-likeness (QED) is 0.858. The minimum atomic E-state index is 0.398. The molecule has 1 aromatic carbocycles. The Balaban J connectivity index is 1.90. The second-order valence-electron chi connectivity index (χ2n) is 4.35. The van der Waals surface area contributed by atoms with Crippen molar-refractivity contribution in [2.75, 3.05) is 7.11 Å². The molecule has 0 saturated heterocycles.